The Morgan fingerprint density at radius 2 is 1.95 bits per heavy atom. The van der Waals surface area contributed by atoms with E-state index in [1.807, 2.05) is 20.0 Å². The summed E-state index contributed by atoms with van der Waals surface area (Å²) < 4.78 is 23.0. The number of carbonyl (C=O) groups excluding carboxylic acids is 3. The van der Waals surface area contributed by atoms with Gasteiger partial charge in [0.25, 0.3) is 0 Å². The van der Waals surface area contributed by atoms with Gasteiger partial charge in [0.15, 0.2) is 6.10 Å². The first kappa shape index (κ1) is 27.6. The minimum absolute atomic E-state index is 0.112. The second kappa shape index (κ2) is 9.34. The highest BCUT2D eigenvalue weighted by atomic mass is 16.7. The van der Waals surface area contributed by atoms with E-state index in [-0.39, 0.29) is 36.3 Å². The van der Waals surface area contributed by atoms with Gasteiger partial charge in [-0.05, 0) is 71.3 Å². The van der Waals surface area contributed by atoms with Crippen molar-refractivity contribution in [1.29, 1.82) is 0 Å². The molecular weight excluding hydrogens is 502 g/mol. The van der Waals surface area contributed by atoms with E-state index in [4.69, 9.17) is 18.9 Å². The molecule has 1 fully saturated rings. The molecule has 4 aliphatic rings. The minimum Gasteiger partial charge on any atom is -0.481 e. The van der Waals surface area contributed by atoms with Gasteiger partial charge in [0, 0.05) is 23.9 Å². The Balaban J connectivity index is 1.48. The van der Waals surface area contributed by atoms with Gasteiger partial charge in [0.1, 0.15) is 22.9 Å². The lowest BCUT2D eigenvalue weighted by molar-refractivity contribution is -0.173. The third-order valence-corrected chi connectivity index (χ3v) is 8.71. The largest absolute Gasteiger partial charge is 0.509 e. The number of ketones is 1. The second-order valence-corrected chi connectivity index (χ2v) is 12.7. The van der Waals surface area contributed by atoms with E-state index < -0.39 is 40.9 Å². The highest BCUT2D eigenvalue weighted by Crippen LogP contribution is 2.64. The van der Waals surface area contributed by atoms with Crippen LogP contribution in [0, 0.1) is 12.8 Å². The molecular formula is C30H39NO8. The summed E-state index contributed by atoms with van der Waals surface area (Å²) in [5.41, 5.74) is 0.383. The molecule has 2 heterocycles. The van der Waals surface area contributed by atoms with Gasteiger partial charge >= 0.3 is 12.1 Å². The second-order valence-electron chi connectivity index (χ2n) is 12.7. The number of hydrogen-bond donors (Lipinski definition) is 1. The molecule has 1 N–H and O–H groups in total. The Bertz CT molecular complexity index is 1250. The number of rotatable bonds is 6. The monoisotopic (exact) mass is 541 g/mol. The number of nitrogens with zero attached hydrogens (tertiary/aromatic N) is 1. The van der Waals surface area contributed by atoms with Crippen LogP contribution in [-0.2, 0) is 35.6 Å². The number of aryl methyl sites for hydroxylation is 1. The topological polar surface area (TPSA) is 112 Å². The number of esters is 1. The average molecular weight is 542 g/mol. The van der Waals surface area contributed by atoms with Crippen molar-refractivity contribution >= 4 is 17.9 Å². The predicted octanol–water partition coefficient (Wildman–Crippen LogP) is 3.75. The maximum absolute atomic E-state index is 13.5. The van der Waals surface area contributed by atoms with Crippen molar-refractivity contribution in [2.24, 2.45) is 5.92 Å². The zero-order valence-electron chi connectivity index (χ0n) is 23.8. The smallest absolute Gasteiger partial charge is 0.481 e. The van der Waals surface area contributed by atoms with E-state index in [1.54, 1.807) is 40.7 Å². The van der Waals surface area contributed by atoms with Crippen molar-refractivity contribution < 1.29 is 38.4 Å². The van der Waals surface area contributed by atoms with Crippen molar-refractivity contribution in [3.63, 3.8) is 0 Å². The fraction of sp³-hybridized carbons (Fsp3) is 0.633. The van der Waals surface area contributed by atoms with Gasteiger partial charge < -0.3 is 29.0 Å². The van der Waals surface area contributed by atoms with E-state index in [0.717, 1.165) is 29.0 Å². The number of hydrogen-bond acceptors (Lipinski definition) is 9. The standard InChI is InChI=1S/C30H39NO8/c1-16(2)19(32)15-21(37-27(34)39-28(4,5)6)26(33)36-20-10-11-30(35)22-14-18-9-8-17(3)24-23(18)29(30,25(20)38-24)12-13-31(22)7/h8-10,16,21-22,25,35H,11-15H2,1-7H3/t21-,22-,25+,29+,30-/m1/s1. The van der Waals surface area contributed by atoms with Crippen LogP contribution in [0.25, 0.3) is 0 Å². The van der Waals surface area contributed by atoms with E-state index in [1.165, 1.54) is 0 Å². The highest BCUT2D eigenvalue weighted by Gasteiger charge is 2.71. The Kier molecular flexibility index (Phi) is 6.62. The zero-order chi connectivity index (χ0) is 28.5. The normalized spacial score (nSPS) is 29.6. The number of Topliss-reactive ketones (excluding diaryl/α,β-unsaturated/α-hetero) is 1. The van der Waals surface area contributed by atoms with Gasteiger partial charge in [0.2, 0.25) is 6.10 Å². The van der Waals surface area contributed by atoms with E-state index in [2.05, 4.69) is 11.0 Å². The van der Waals surface area contributed by atoms with Crippen LogP contribution in [0.4, 0.5) is 4.79 Å². The van der Waals surface area contributed by atoms with Gasteiger partial charge in [-0.3, -0.25) is 4.79 Å². The number of carbonyl (C=O) groups is 3. The lowest BCUT2D eigenvalue weighted by Crippen LogP contribution is -2.74. The average Bonchev–Trinajstić information content (AvgIpc) is 3.19. The molecule has 1 aromatic carbocycles. The van der Waals surface area contributed by atoms with Crippen molar-refractivity contribution in [3.8, 4) is 5.75 Å². The van der Waals surface area contributed by atoms with Crippen LogP contribution in [0.15, 0.2) is 24.0 Å². The predicted molar refractivity (Wildman–Crippen MR) is 141 cm³/mol. The molecule has 0 amide bonds. The molecule has 2 aliphatic carbocycles. The number of likely N-dealkylation sites (tertiary alicyclic amines) is 1. The summed E-state index contributed by atoms with van der Waals surface area (Å²) in [5.74, 6) is -0.482. The van der Waals surface area contributed by atoms with Crippen molar-refractivity contribution in [2.75, 3.05) is 13.6 Å². The van der Waals surface area contributed by atoms with Gasteiger partial charge in [-0.25, -0.2) is 9.59 Å². The summed E-state index contributed by atoms with van der Waals surface area (Å²) in [6, 6.07) is 4.03. The van der Waals surface area contributed by atoms with Crippen LogP contribution in [0.3, 0.4) is 0 Å². The number of benzene rings is 1. The van der Waals surface area contributed by atoms with Gasteiger partial charge in [-0.1, -0.05) is 26.0 Å². The number of piperidine rings is 1. The number of ether oxygens (including phenoxy) is 4. The summed E-state index contributed by atoms with van der Waals surface area (Å²) in [6.45, 7) is 11.2. The van der Waals surface area contributed by atoms with Gasteiger partial charge in [-0.2, -0.15) is 0 Å². The van der Waals surface area contributed by atoms with E-state index >= 15 is 0 Å². The van der Waals surface area contributed by atoms with Crippen molar-refractivity contribution in [1.82, 2.24) is 4.90 Å². The SMILES string of the molecule is Cc1ccc2c3c1O[C@H]1C(OC(=O)[C@@H](CC(=O)C(C)C)OC(=O)OC(C)(C)C)=CC[C@@]4(O)[C@@H](C2)N(C)CC[C@]314. The van der Waals surface area contributed by atoms with Crippen LogP contribution in [-0.4, -0.2) is 71.0 Å². The summed E-state index contributed by atoms with van der Waals surface area (Å²) in [6.07, 6.45) is -0.265. The quantitative estimate of drug-likeness (QED) is 0.538. The maximum Gasteiger partial charge on any atom is 0.509 e. The van der Waals surface area contributed by atoms with Crippen LogP contribution >= 0.6 is 0 Å². The van der Waals surface area contributed by atoms with Crippen LogP contribution in [0.5, 0.6) is 5.75 Å². The number of aliphatic hydroxyl groups is 1. The fourth-order valence-electron chi connectivity index (χ4n) is 6.75. The molecule has 1 saturated heterocycles. The molecule has 5 rings (SSSR count). The van der Waals surface area contributed by atoms with Crippen LogP contribution in [0.2, 0.25) is 0 Å². The zero-order valence-corrected chi connectivity index (χ0v) is 23.8. The maximum atomic E-state index is 13.5. The first-order chi connectivity index (χ1) is 18.2. The molecule has 212 valence electrons. The van der Waals surface area contributed by atoms with E-state index in [0.29, 0.717) is 12.8 Å². The molecule has 0 saturated carbocycles. The molecule has 0 unspecified atom stereocenters. The van der Waals surface area contributed by atoms with Crippen molar-refractivity contribution in [3.05, 3.63) is 40.7 Å². The summed E-state index contributed by atoms with van der Waals surface area (Å²) in [5, 5.41) is 12.3. The molecule has 0 radical (unpaired) electrons. The summed E-state index contributed by atoms with van der Waals surface area (Å²) >= 11 is 0. The molecule has 1 aromatic rings. The Morgan fingerprint density at radius 1 is 1.23 bits per heavy atom. The summed E-state index contributed by atoms with van der Waals surface area (Å²) in [4.78, 5) is 40.7. The highest BCUT2D eigenvalue weighted by molar-refractivity contribution is 5.88. The van der Waals surface area contributed by atoms with Crippen LogP contribution in [0.1, 0.15) is 70.6 Å². The van der Waals surface area contributed by atoms with Gasteiger partial charge in [0.05, 0.1) is 17.4 Å². The van der Waals surface area contributed by atoms with Crippen LogP contribution < -0.4 is 4.74 Å². The first-order valence-electron chi connectivity index (χ1n) is 13.7. The molecule has 1 spiro atoms. The first-order valence-corrected chi connectivity index (χ1v) is 13.7. The molecule has 2 bridgehead atoms. The Labute approximate surface area is 229 Å². The Morgan fingerprint density at radius 3 is 2.62 bits per heavy atom. The molecule has 5 atom stereocenters. The van der Waals surface area contributed by atoms with Crippen molar-refractivity contribution in [2.45, 2.75) is 102 Å². The molecule has 0 aromatic heterocycles. The molecule has 39 heavy (non-hydrogen) atoms. The number of likely N-dealkylation sites (N-methyl/N-ethyl adjacent to an activating group) is 1. The third kappa shape index (κ3) is 4.34. The lowest BCUT2D eigenvalue weighted by atomic mass is 9.50. The lowest BCUT2D eigenvalue weighted by Gasteiger charge is -2.61. The van der Waals surface area contributed by atoms with Gasteiger partial charge in [-0.15, -0.1) is 0 Å². The molecule has 2 aliphatic heterocycles. The van der Waals surface area contributed by atoms with E-state index in [9.17, 15) is 19.5 Å². The summed E-state index contributed by atoms with van der Waals surface area (Å²) in [7, 11) is 2.03. The molecule has 9 nitrogen and oxygen atoms in total. The molecule has 9 heteroatoms. The minimum atomic E-state index is -1.48. The third-order valence-electron chi connectivity index (χ3n) is 8.71. The Hall–Kier alpha value is -2.91. The fourth-order valence-corrected chi connectivity index (χ4v) is 6.75.